The molecular weight excluding hydrogens is 386 g/mol. The second kappa shape index (κ2) is 9.87. The van der Waals surface area contributed by atoms with E-state index >= 15 is 0 Å². The first-order chi connectivity index (χ1) is 12.2. The van der Waals surface area contributed by atoms with Gasteiger partial charge in [-0.3, -0.25) is 4.79 Å². The van der Waals surface area contributed by atoms with Gasteiger partial charge in [-0.15, -0.1) is 12.4 Å². The number of sulfonamides is 1. The van der Waals surface area contributed by atoms with E-state index in [0.29, 0.717) is 30.8 Å². The Bertz CT molecular complexity index is 743. The molecule has 1 atom stereocenters. The van der Waals surface area contributed by atoms with Crippen LogP contribution in [-0.4, -0.2) is 37.3 Å². The van der Waals surface area contributed by atoms with Crippen molar-refractivity contribution in [3.63, 3.8) is 0 Å². The summed E-state index contributed by atoms with van der Waals surface area (Å²) in [4.78, 5) is 12.7. The van der Waals surface area contributed by atoms with Gasteiger partial charge in [0, 0.05) is 18.8 Å². The average Bonchev–Trinajstić information content (AvgIpc) is 2.86. The van der Waals surface area contributed by atoms with Gasteiger partial charge in [-0.25, -0.2) is 8.42 Å². The van der Waals surface area contributed by atoms with E-state index in [-0.39, 0.29) is 23.2 Å². The van der Waals surface area contributed by atoms with Crippen molar-refractivity contribution >= 4 is 34.0 Å². The van der Waals surface area contributed by atoms with Crippen LogP contribution in [0.5, 0.6) is 0 Å². The number of nitrogens with one attached hydrogen (secondary N) is 1. The topological polar surface area (TPSA) is 92.5 Å². The molecule has 1 heterocycles. The molecular formula is C19H32ClN3O3S. The van der Waals surface area contributed by atoms with E-state index in [0.717, 1.165) is 32.1 Å². The number of nitrogens with zero attached hydrogens (tertiary/aromatic N) is 1. The number of hydrogen-bond acceptors (Lipinski definition) is 4. The molecule has 0 saturated carbocycles. The summed E-state index contributed by atoms with van der Waals surface area (Å²) in [5, 5.41) is 2.78. The highest BCUT2D eigenvalue weighted by Gasteiger charge is 2.29. The molecule has 0 bridgehead atoms. The van der Waals surface area contributed by atoms with Gasteiger partial charge in [-0.05, 0) is 50.8 Å². The molecule has 1 aromatic rings. The number of amides is 1. The summed E-state index contributed by atoms with van der Waals surface area (Å²) < 4.78 is 27.7. The minimum Gasteiger partial charge on any atom is -0.324 e. The lowest BCUT2D eigenvalue weighted by Gasteiger charge is -2.24. The summed E-state index contributed by atoms with van der Waals surface area (Å²) >= 11 is 0. The molecule has 1 aromatic carbocycles. The Balaban J connectivity index is 0.00000364. The summed E-state index contributed by atoms with van der Waals surface area (Å²) in [7, 11) is -3.57. The van der Waals surface area contributed by atoms with E-state index in [4.69, 9.17) is 5.73 Å². The van der Waals surface area contributed by atoms with Crippen molar-refractivity contribution in [2.45, 2.75) is 69.7 Å². The van der Waals surface area contributed by atoms with Gasteiger partial charge in [0.25, 0.3) is 0 Å². The van der Waals surface area contributed by atoms with Crippen LogP contribution in [-0.2, 0) is 14.8 Å². The van der Waals surface area contributed by atoms with Crippen LogP contribution >= 0.6 is 12.4 Å². The predicted octanol–water partition coefficient (Wildman–Crippen LogP) is 3.44. The third-order valence-electron chi connectivity index (χ3n) is 4.92. The minimum absolute atomic E-state index is 0. The largest absolute Gasteiger partial charge is 0.324 e. The van der Waals surface area contributed by atoms with Crippen molar-refractivity contribution in [1.29, 1.82) is 0 Å². The Morgan fingerprint density at radius 2 is 1.81 bits per heavy atom. The Hall–Kier alpha value is -1.15. The van der Waals surface area contributed by atoms with E-state index in [1.807, 2.05) is 6.92 Å². The zero-order chi connectivity index (χ0) is 19.4. The van der Waals surface area contributed by atoms with Crippen LogP contribution in [0.4, 0.5) is 5.69 Å². The normalized spacial score (nSPS) is 18.1. The van der Waals surface area contributed by atoms with E-state index < -0.39 is 15.6 Å². The molecule has 6 nitrogen and oxygen atoms in total. The molecule has 2 rings (SSSR count). The molecule has 1 unspecified atom stereocenters. The molecule has 1 amide bonds. The first kappa shape index (κ1) is 23.9. The first-order valence-electron chi connectivity index (χ1n) is 9.39. The highest BCUT2D eigenvalue weighted by Crippen LogP contribution is 2.26. The number of aryl methyl sites for hydroxylation is 1. The highest BCUT2D eigenvalue weighted by atomic mass is 35.5. The molecule has 0 spiro atoms. The number of carbonyl (C=O) groups excluding carboxylic acids is 1. The molecule has 1 fully saturated rings. The van der Waals surface area contributed by atoms with Crippen molar-refractivity contribution in [2.24, 2.45) is 5.73 Å². The minimum atomic E-state index is -3.57. The molecule has 1 saturated heterocycles. The molecule has 8 heteroatoms. The summed E-state index contributed by atoms with van der Waals surface area (Å²) in [5.41, 5.74) is 6.22. The van der Waals surface area contributed by atoms with Crippen LogP contribution in [0.2, 0.25) is 0 Å². The van der Waals surface area contributed by atoms with Gasteiger partial charge >= 0.3 is 0 Å². The van der Waals surface area contributed by atoms with Crippen molar-refractivity contribution in [3.05, 3.63) is 23.8 Å². The number of nitrogens with two attached hydrogens (primary N) is 1. The first-order valence-corrected chi connectivity index (χ1v) is 10.8. The van der Waals surface area contributed by atoms with Crippen LogP contribution in [0.15, 0.2) is 23.1 Å². The number of hydrogen-bond donors (Lipinski definition) is 2. The second-order valence-electron chi connectivity index (χ2n) is 7.42. The van der Waals surface area contributed by atoms with Crippen molar-refractivity contribution in [1.82, 2.24) is 4.31 Å². The van der Waals surface area contributed by atoms with Crippen LogP contribution in [0.3, 0.4) is 0 Å². The standard InChI is InChI=1S/C19H31N3O3S.ClH/c1-4-11-19(3,20)18(23)21-16-10-9-15(2)17(14-16)26(24,25)22-12-7-5-6-8-13-22;/h9-10,14H,4-8,11-13,20H2,1-3H3,(H,21,23);1H. The van der Waals surface area contributed by atoms with Gasteiger partial charge in [-0.2, -0.15) is 4.31 Å². The van der Waals surface area contributed by atoms with Gasteiger partial charge in [0.1, 0.15) is 0 Å². The lowest BCUT2D eigenvalue weighted by atomic mass is 9.96. The summed E-state index contributed by atoms with van der Waals surface area (Å²) in [6.07, 6.45) is 5.25. The van der Waals surface area contributed by atoms with Crippen molar-refractivity contribution in [2.75, 3.05) is 18.4 Å². The van der Waals surface area contributed by atoms with E-state index in [1.165, 1.54) is 0 Å². The van der Waals surface area contributed by atoms with E-state index in [2.05, 4.69) is 5.32 Å². The maximum atomic E-state index is 13.1. The maximum absolute atomic E-state index is 13.1. The lowest BCUT2D eigenvalue weighted by Crippen LogP contribution is -2.48. The van der Waals surface area contributed by atoms with Gasteiger partial charge in [0.15, 0.2) is 0 Å². The zero-order valence-electron chi connectivity index (χ0n) is 16.5. The quantitative estimate of drug-likeness (QED) is 0.741. The summed E-state index contributed by atoms with van der Waals surface area (Å²) in [6.45, 7) is 6.54. The number of rotatable bonds is 6. The monoisotopic (exact) mass is 417 g/mol. The van der Waals surface area contributed by atoms with Crippen LogP contribution in [0, 0.1) is 6.92 Å². The Kier molecular flexibility index (Phi) is 8.73. The molecule has 1 aliphatic heterocycles. The van der Waals surface area contributed by atoms with Gasteiger partial charge in [-0.1, -0.05) is 32.3 Å². The molecule has 1 aliphatic rings. The number of carbonyl (C=O) groups is 1. The summed E-state index contributed by atoms with van der Waals surface area (Å²) in [6, 6.07) is 5.00. The zero-order valence-corrected chi connectivity index (χ0v) is 18.1. The molecule has 0 aliphatic carbocycles. The van der Waals surface area contributed by atoms with E-state index in [9.17, 15) is 13.2 Å². The van der Waals surface area contributed by atoms with Gasteiger partial charge < -0.3 is 11.1 Å². The molecule has 27 heavy (non-hydrogen) atoms. The number of anilines is 1. The molecule has 0 aromatic heterocycles. The maximum Gasteiger partial charge on any atom is 0.244 e. The van der Waals surface area contributed by atoms with Gasteiger partial charge in [0.2, 0.25) is 15.9 Å². The fourth-order valence-corrected chi connectivity index (χ4v) is 5.05. The average molecular weight is 418 g/mol. The summed E-state index contributed by atoms with van der Waals surface area (Å²) in [5.74, 6) is -0.304. The SMILES string of the molecule is CCCC(C)(N)C(=O)Nc1ccc(C)c(S(=O)(=O)N2CCCCCC2)c1.Cl. The molecule has 154 valence electrons. The third-order valence-corrected chi connectivity index (χ3v) is 6.96. The smallest absolute Gasteiger partial charge is 0.244 e. The number of halogens is 1. The highest BCUT2D eigenvalue weighted by molar-refractivity contribution is 7.89. The van der Waals surface area contributed by atoms with Crippen LogP contribution < -0.4 is 11.1 Å². The lowest BCUT2D eigenvalue weighted by molar-refractivity contribution is -0.120. The van der Waals surface area contributed by atoms with Crippen LogP contribution in [0.1, 0.15) is 57.9 Å². The molecule has 3 N–H and O–H groups in total. The van der Waals surface area contributed by atoms with E-state index in [1.54, 1.807) is 36.4 Å². The van der Waals surface area contributed by atoms with Crippen LogP contribution in [0.25, 0.3) is 0 Å². The third kappa shape index (κ3) is 5.91. The fraction of sp³-hybridized carbons (Fsp3) is 0.632. The fourth-order valence-electron chi connectivity index (χ4n) is 3.28. The van der Waals surface area contributed by atoms with Gasteiger partial charge in [0.05, 0.1) is 10.4 Å². The number of benzene rings is 1. The second-order valence-corrected chi connectivity index (χ2v) is 9.33. The van der Waals surface area contributed by atoms with Crippen molar-refractivity contribution in [3.8, 4) is 0 Å². The Morgan fingerprint density at radius 1 is 1.22 bits per heavy atom. The Morgan fingerprint density at radius 3 is 2.37 bits per heavy atom. The molecule has 0 radical (unpaired) electrons. The van der Waals surface area contributed by atoms with Crippen molar-refractivity contribution < 1.29 is 13.2 Å². The predicted molar refractivity (Wildman–Crippen MR) is 112 cm³/mol. The Labute approximate surface area is 169 Å².